The number of fused-ring (bicyclic) bond motifs is 2. The first kappa shape index (κ1) is 10.5. The second-order valence-corrected chi connectivity index (χ2v) is 4.81. The fourth-order valence-electron chi connectivity index (χ4n) is 2.66. The van der Waals surface area contributed by atoms with E-state index in [-0.39, 0.29) is 0 Å². The zero-order valence-corrected chi connectivity index (χ0v) is 10.6. The molecule has 0 saturated carbocycles. The average molecular weight is 251 g/mol. The maximum atomic E-state index is 4.72. The van der Waals surface area contributed by atoms with Gasteiger partial charge in [0.2, 0.25) is 5.95 Å². The van der Waals surface area contributed by atoms with Gasteiger partial charge in [0, 0.05) is 25.4 Å². The Morgan fingerprint density at radius 1 is 1.16 bits per heavy atom. The lowest BCUT2D eigenvalue weighted by Crippen LogP contribution is -2.18. The number of aryl methyl sites for hydroxylation is 1. The number of hydrogen-bond acceptors (Lipinski definition) is 4. The molecule has 5 heteroatoms. The third-order valence-electron chi connectivity index (χ3n) is 3.63. The van der Waals surface area contributed by atoms with Crippen LogP contribution in [0, 0.1) is 0 Å². The summed E-state index contributed by atoms with van der Waals surface area (Å²) in [5.41, 5.74) is 4.47. The largest absolute Gasteiger partial charge is 0.332 e. The number of aromatic nitrogens is 4. The van der Waals surface area contributed by atoms with Crippen LogP contribution >= 0.6 is 0 Å². The Hall–Kier alpha value is -2.43. The molecule has 19 heavy (non-hydrogen) atoms. The molecule has 4 rings (SSSR count). The Morgan fingerprint density at radius 3 is 2.89 bits per heavy atom. The molecule has 0 amide bonds. The van der Waals surface area contributed by atoms with E-state index in [1.165, 1.54) is 5.56 Å². The minimum absolute atomic E-state index is 0.801. The van der Waals surface area contributed by atoms with Gasteiger partial charge in [0.1, 0.15) is 6.33 Å². The van der Waals surface area contributed by atoms with Crippen LogP contribution < -0.4 is 4.90 Å². The molecule has 3 aromatic rings. The molecule has 0 unspecified atom stereocenters. The standard InChI is InChI=1S/C14H13N5/c1-18-13-5-3-2-4-11(13)17-14(18)19-7-10-6-15-9-16-12(10)8-19/h2-6,9H,7-8H2,1H3. The van der Waals surface area contributed by atoms with Crippen molar-refractivity contribution in [1.82, 2.24) is 19.5 Å². The van der Waals surface area contributed by atoms with Gasteiger partial charge < -0.3 is 9.47 Å². The monoisotopic (exact) mass is 251 g/mol. The van der Waals surface area contributed by atoms with Crippen molar-refractivity contribution in [1.29, 1.82) is 0 Å². The molecule has 2 aromatic heterocycles. The quantitative estimate of drug-likeness (QED) is 0.662. The molecule has 0 atom stereocenters. The summed E-state index contributed by atoms with van der Waals surface area (Å²) in [4.78, 5) is 15.4. The van der Waals surface area contributed by atoms with E-state index >= 15 is 0 Å². The lowest BCUT2D eigenvalue weighted by molar-refractivity contribution is 0.783. The SMILES string of the molecule is Cn1c(N2Cc3cncnc3C2)nc2ccccc21. The van der Waals surface area contributed by atoms with Gasteiger partial charge in [-0.25, -0.2) is 15.0 Å². The van der Waals surface area contributed by atoms with Crippen LogP contribution in [0.3, 0.4) is 0 Å². The summed E-state index contributed by atoms with van der Waals surface area (Å²) < 4.78 is 2.13. The number of nitrogens with zero attached hydrogens (tertiary/aromatic N) is 5. The van der Waals surface area contributed by atoms with Crippen molar-refractivity contribution in [3.63, 3.8) is 0 Å². The summed E-state index contributed by atoms with van der Waals surface area (Å²) in [6, 6.07) is 8.19. The molecule has 1 aliphatic rings. The Balaban J connectivity index is 1.79. The van der Waals surface area contributed by atoms with Crippen LogP contribution in [0.2, 0.25) is 0 Å². The third kappa shape index (κ3) is 1.51. The zero-order valence-electron chi connectivity index (χ0n) is 10.6. The minimum atomic E-state index is 0.801. The van der Waals surface area contributed by atoms with Gasteiger partial charge in [-0.2, -0.15) is 0 Å². The molecule has 0 saturated heterocycles. The van der Waals surface area contributed by atoms with Gasteiger partial charge in [0.05, 0.1) is 23.3 Å². The Kier molecular flexibility index (Phi) is 2.09. The summed E-state index contributed by atoms with van der Waals surface area (Å²) in [7, 11) is 2.05. The van der Waals surface area contributed by atoms with Crippen LogP contribution in [0.25, 0.3) is 11.0 Å². The van der Waals surface area contributed by atoms with Gasteiger partial charge in [-0.3, -0.25) is 0 Å². The normalized spacial score (nSPS) is 14.1. The van der Waals surface area contributed by atoms with Gasteiger partial charge in [-0.1, -0.05) is 12.1 Å². The highest BCUT2D eigenvalue weighted by Gasteiger charge is 2.24. The summed E-state index contributed by atoms with van der Waals surface area (Å²) >= 11 is 0. The fourth-order valence-corrected chi connectivity index (χ4v) is 2.66. The van der Waals surface area contributed by atoms with Crippen LogP contribution in [0.4, 0.5) is 5.95 Å². The van der Waals surface area contributed by atoms with Crippen molar-refractivity contribution in [2.24, 2.45) is 7.05 Å². The van der Waals surface area contributed by atoms with Gasteiger partial charge >= 0.3 is 0 Å². The molecular formula is C14H13N5. The molecule has 0 spiro atoms. The Labute approximate surface area is 110 Å². The van der Waals surface area contributed by atoms with E-state index in [1.54, 1.807) is 6.33 Å². The zero-order chi connectivity index (χ0) is 12.8. The second-order valence-electron chi connectivity index (χ2n) is 4.81. The third-order valence-corrected chi connectivity index (χ3v) is 3.63. The van der Waals surface area contributed by atoms with Gasteiger partial charge in [0.15, 0.2) is 0 Å². The highest BCUT2D eigenvalue weighted by atomic mass is 15.3. The minimum Gasteiger partial charge on any atom is -0.332 e. The smallest absolute Gasteiger partial charge is 0.206 e. The summed E-state index contributed by atoms with van der Waals surface area (Å²) in [6.07, 6.45) is 3.50. The lowest BCUT2D eigenvalue weighted by atomic mass is 10.3. The van der Waals surface area contributed by atoms with E-state index in [4.69, 9.17) is 4.98 Å². The molecule has 0 bridgehead atoms. The average Bonchev–Trinajstić information content (AvgIpc) is 3.00. The van der Waals surface area contributed by atoms with Crippen molar-refractivity contribution < 1.29 is 0 Å². The van der Waals surface area contributed by atoms with E-state index in [0.29, 0.717) is 0 Å². The van der Waals surface area contributed by atoms with Crippen LogP contribution in [0.5, 0.6) is 0 Å². The molecule has 1 aromatic carbocycles. The molecule has 3 heterocycles. The highest BCUT2D eigenvalue weighted by molar-refractivity contribution is 5.78. The van der Waals surface area contributed by atoms with Gasteiger partial charge in [-0.05, 0) is 12.1 Å². The molecule has 94 valence electrons. The fraction of sp³-hybridized carbons (Fsp3) is 0.214. The molecule has 0 radical (unpaired) electrons. The molecule has 5 nitrogen and oxygen atoms in total. The molecule has 1 aliphatic heterocycles. The summed E-state index contributed by atoms with van der Waals surface area (Å²) in [5, 5.41) is 0. The van der Waals surface area contributed by atoms with Crippen LogP contribution in [-0.4, -0.2) is 19.5 Å². The van der Waals surface area contributed by atoms with Gasteiger partial charge in [0.25, 0.3) is 0 Å². The molecule has 0 fully saturated rings. The van der Waals surface area contributed by atoms with Gasteiger partial charge in [-0.15, -0.1) is 0 Å². The van der Waals surface area contributed by atoms with Crippen molar-refractivity contribution in [2.75, 3.05) is 4.90 Å². The molecular weight excluding hydrogens is 238 g/mol. The maximum absolute atomic E-state index is 4.72. The number of anilines is 1. The number of imidazole rings is 1. The van der Waals surface area contributed by atoms with Crippen LogP contribution in [0.1, 0.15) is 11.3 Å². The highest BCUT2D eigenvalue weighted by Crippen LogP contribution is 2.28. The van der Waals surface area contributed by atoms with E-state index in [1.807, 2.05) is 24.4 Å². The number of benzene rings is 1. The van der Waals surface area contributed by atoms with Crippen LogP contribution in [-0.2, 0) is 20.1 Å². The number of rotatable bonds is 1. The maximum Gasteiger partial charge on any atom is 0.206 e. The van der Waals surface area contributed by atoms with Crippen molar-refractivity contribution >= 4 is 17.0 Å². The summed E-state index contributed by atoms with van der Waals surface area (Å²) in [6.45, 7) is 1.63. The number of para-hydroxylation sites is 2. The first-order chi connectivity index (χ1) is 9.33. The van der Waals surface area contributed by atoms with Crippen LogP contribution in [0.15, 0.2) is 36.8 Å². The van der Waals surface area contributed by atoms with E-state index < -0.39 is 0 Å². The predicted molar refractivity (Wildman–Crippen MR) is 72.6 cm³/mol. The topological polar surface area (TPSA) is 46.8 Å². The molecule has 0 N–H and O–H groups in total. The Bertz CT molecular complexity index is 736. The Morgan fingerprint density at radius 2 is 2.05 bits per heavy atom. The predicted octanol–water partition coefficient (Wildman–Crippen LogP) is 1.88. The van der Waals surface area contributed by atoms with Crippen molar-refractivity contribution in [2.45, 2.75) is 13.1 Å². The summed E-state index contributed by atoms with van der Waals surface area (Å²) in [5.74, 6) is 0.985. The van der Waals surface area contributed by atoms with Crippen molar-refractivity contribution in [3.8, 4) is 0 Å². The second kappa shape index (κ2) is 3.78. The first-order valence-electron chi connectivity index (χ1n) is 6.27. The lowest BCUT2D eigenvalue weighted by Gasteiger charge is -2.15. The van der Waals surface area contributed by atoms with Crippen molar-refractivity contribution in [3.05, 3.63) is 48.0 Å². The first-order valence-corrected chi connectivity index (χ1v) is 6.27. The van der Waals surface area contributed by atoms with E-state index in [0.717, 1.165) is 35.8 Å². The van der Waals surface area contributed by atoms with E-state index in [9.17, 15) is 0 Å². The van der Waals surface area contributed by atoms with E-state index in [2.05, 4.69) is 32.5 Å². The number of hydrogen-bond donors (Lipinski definition) is 0. The molecule has 0 aliphatic carbocycles.